The van der Waals surface area contributed by atoms with Gasteiger partial charge in [-0.3, -0.25) is 4.79 Å². The van der Waals surface area contributed by atoms with Crippen LogP contribution in [-0.2, 0) is 4.79 Å². The van der Waals surface area contributed by atoms with Crippen LogP contribution in [-0.4, -0.2) is 13.0 Å². The van der Waals surface area contributed by atoms with Gasteiger partial charge in [0.2, 0.25) is 5.91 Å². The van der Waals surface area contributed by atoms with Gasteiger partial charge in [0.05, 0.1) is 11.6 Å². The maximum atomic E-state index is 13.7. The topological polar surface area (TPSA) is 20.3 Å². The van der Waals surface area contributed by atoms with E-state index in [-0.39, 0.29) is 11.8 Å². The molecular formula is C16H16FNO. The first-order chi connectivity index (χ1) is 9.11. The van der Waals surface area contributed by atoms with E-state index >= 15 is 0 Å². The Labute approximate surface area is 112 Å². The fraction of sp³-hybridized carbons (Fsp3) is 0.188. The monoisotopic (exact) mass is 257 g/mol. The van der Waals surface area contributed by atoms with Crippen LogP contribution in [0.25, 0.3) is 0 Å². The van der Waals surface area contributed by atoms with Crippen LogP contribution in [0.2, 0.25) is 0 Å². The lowest BCUT2D eigenvalue weighted by Gasteiger charge is -2.22. The Hall–Kier alpha value is -2.16. The zero-order valence-electron chi connectivity index (χ0n) is 11.0. The van der Waals surface area contributed by atoms with Crippen molar-refractivity contribution in [3.8, 4) is 0 Å². The molecule has 0 N–H and O–H groups in total. The summed E-state index contributed by atoms with van der Waals surface area (Å²) in [6.45, 7) is 1.83. The smallest absolute Gasteiger partial charge is 0.234 e. The summed E-state index contributed by atoms with van der Waals surface area (Å²) in [5.74, 6) is -0.819. The van der Waals surface area contributed by atoms with Gasteiger partial charge in [-0.15, -0.1) is 0 Å². The number of carbonyl (C=O) groups is 1. The molecule has 1 unspecified atom stereocenters. The number of benzene rings is 2. The van der Waals surface area contributed by atoms with Crippen molar-refractivity contribution in [2.24, 2.45) is 0 Å². The summed E-state index contributed by atoms with van der Waals surface area (Å²) in [5.41, 5.74) is 1.23. The molecule has 0 aliphatic rings. The van der Waals surface area contributed by atoms with Crippen LogP contribution in [0.4, 0.5) is 10.1 Å². The lowest BCUT2D eigenvalue weighted by Crippen LogP contribution is -2.31. The van der Waals surface area contributed by atoms with E-state index in [1.165, 1.54) is 11.0 Å². The third-order valence-electron chi connectivity index (χ3n) is 3.21. The third-order valence-corrected chi connectivity index (χ3v) is 3.21. The van der Waals surface area contributed by atoms with Gasteiger partial charge >= 0.3 is 0 Å². The van der Waals surface area contributed by atoms with E-state index in [0.717, 1.165) is 5.56 Å². The molecule has 1 amide bonds. The number of anilines is 1. The second-order valence-electron chi connectivity index (χ2n) is 4.48. The van der Waals surface area contributed by atoms with E-state index in [1.807, 2.05) is 37.3 Å². The van der Waals surface area contributed by atoms with E-state index in [1.54, 1.807) is 25.2 Å². The van der Waals surface area contributed by atoms with Crippen LogP contribution >= 0.6 is 0 Å². The van der Waals surface area contributed by atoms with Crippen LogP contribution in [0.15, 0.2) is 54.6 Å². The number of rotatable bonds is 3. The molecule has 0 saturated heterocycles. The van der Waals surface area contributed by atoms with Crippen molar-refractivity contribution in [3.63, 3.8) is 0 Å². The fourth-order valence-corrected chi connectivity index (χ4v) is 2.02. The van der Waals surface area contributed by atoms with E-state index in [0.29, 0.717) is 5.69 Å². The van der Waals surface area contributed by atoms with Gasteiger partial charge in [-0.2, -0.15) is 0 Å². The second kappa shape index (κ2) is 5.65. The Bertz CT molecular complexity index is 568. The summed E-state index contributed by atoms with van der Waals surface area (Å²) < 4.78 is 13.7. The van der Waals surface area contributed by atoms with Crippen molar-refractivity contribution in [3.05, 3.63) is 66.0 Å². The summed E-state index contributed by atoms with van der Waals surface area (Å²) in [7, 11) is 1.60. The van der Waals surface area contributed by atoms with Crippen molar-refractivity contribution in [1.29, 1.82) is 0 Å². The number of amides is 1. The quantitative estimate of drug-likeness (QED) is 0.822. The van der Waals surface area contributed by atoms with Crippen LogP contribution in [0, 0.1) is 5.82 Å². The van der Waals surface area contributed by atoms with E-state index in [9.17, 15) is 9.18 Å². The molecule has 2 aromatic rings. The lowest BCUT2D eigenvalue weighted by atomic mass is 10.00. The van der Waals surface area contributed by atoms with Gasteiger partial charge < -0.3 is 4.90 Å². The van der Waals surface area contributed by atoms with Crippen LogP contribution < -0.4 is 4.90 Å². The molecule has 0 heterocycles. The molecular weight excluding hydrogens is 241 g/mol. The molecule has 98 valence electrons. The van der Waals surface area contributed by atoms with Gasteiger partial charge in [0.1, 0.15) is 5.82 Å². The Morgan fingerprint density at radius 3 is 2.26 bits per heavy atom. The minimum Gasteiger partial charge on any atom is -0.312 e. The van der Waals surface area contributed by atoms with Crippen LogP contribution in [0.1, 0.15) is 18.4 Å². The highest BCUT2D eigenvalue weighted by molar-refractivity contribution is 5.97. The molecule has 2 nitrogen and oxygen atoms in total. The average molecular weight is 257 g/mol. The molecule has 0 saturated carbocycles. The van der Waals surface area contributed by atoms with E-state index in [4.69, 9.17) is 0 Å². The molecule has 0 spiro atoms. The average Bonchev–Trinajstić information content (AvgIpc) is 2.46. The van der Waals surface area contributed by atoms with Crippen molar-refractivity contribution in [2.75, 3.05) is 11.9 Å². The van der Waals surface area contributed by atoms with Gasteiger partial charge in [-0.05, 0) is 24.6 Å². The molecule has 0 bridgehead atoms. The number of halogens is 1. The van der Waals surface area contributed by atoms with Gasteiger partial charge in [-0.1, -0.05) is 42.5 Å². The van der Waals surface area contributed by atoms with Crippen molar-refractivity contribution >= 4 is 11.6 Å². The van der Waals surface area contributed by atoms with Gasteiger partial charge in [0.25, 0.3) is 0 Å². The van der Waals surface area contributed by atoms with Gasteiger partial charge in [0.15, 0.2) is 0 Å². The van der Waals surface area contributed by atoms with Gasteiger partial charge in [-0.25, -0.2) is 4.39 Å². The largest absolute Gasteiger partial charge is 0.312 e. The SMILES string of the molecule is CC(C(=O)N(C)c1ccccc1F)c1ccccc1. The summed E-state index contributed by atoms with van der Waals surface area (Å²) >= 11 is 0. The molecule has 2 aromatic carbocycles. The molecule has 0 aliphatic carbocycles. The summed E-state index contributed by atoms with van der Waals surface area (Å²) in [4.78, 5) is 13.7. The molecule has 0 fully saturated rings. The van der Waals surface area contributed by atoms with Crippen LogP contribution in [0.5, 0.6) is 0 Å². The number of para-hydroxylation sites is 1. The second-order valence-corrected chi connectivity index (χ2v) is 4.48. The van der Waals surface area contributed by atoms with Crippen LogP contribution in [0.3, 0.4) is 0 Å². The molecule has 2 rings (SSSR count). The Morgan fingerprint density at radius 1 is 1.05 bits per heavy atom. The first-order valence-corrected chi connectivity index (χ1v) is 6.18. The maximum absolute atomic E-state index is 13.7. The molecule has 19 heavy (non-hydrogen) atoms. The normalized spacial score (nSPS) is 11.9. The van der Waals surface area contributed by atoms with Crippen molar-refractivity contribution in [1.82, 2.24) is 0 Å². The maximum Gasteiger partial charge on any atom is 0.234 e. The highest BCUT2D eigenvalue weighted by atomic mass is 19.1. The highest BCUT2D eigenvalue weighted by Gasteiger charge is 2.21. The third kappa shape index (κ3) is 2.81. The summed E-state index contributed by atoms with van der Waals surface area (Å²) in [6.07, 6.45) is 0. The Balaban J connectivity index is 2.23. The molecule has 0 aromatic heterocycles. The number of nitrogens with zero attached hydrogens (tertiary/aromatic N) is 1. The molecule has 1 atom stereocenters. The Kier molecular flexibility index (Phi) is 3.95. The van der Waals surface area contributed by atoms with E-state index in [2.05, 4.69) is 0 Å². The number of likely N-dealkylation sites (N-methyl/N-ethyl adjacent to an activating group) is 1. The Morgan fingerprint density at radius 2 is 1.63 bits per heavy atom. The molecule has 0 radical (unpaired) electrons. The first kappa shape index (κ1) is 13.3. The number of hydrogen-bond acceptors (Lipinski definition) is 1. The standard InChI is InChI=1S/C16H16FNO/c1-12(13-8-4-3-5-9-13)16(19)18(2)15-11-7-6-10-14(15)17/h3-12H,1-2H3. The number of carbonyl (C=O) groups excluding carboxylic acids is 1. The minimum atomic E-state index is -0.390. The molecule has 0 aliphatic heterocycles. The van der Waals surface area contributed by atoms with E-state index < -0.39 is 5.82 Å². The minimum absolute atomic E-state index is 0.128. The summed E-state index contributed by atoms with van der Waals surface area (Å²) in [6, 6.07) is 15.8. The predicted molar refractivity (Wildman–Crippen MR) is 74.7 cm³/mol. The van der Waals surface area contributed by atoms with Crippen molar-refractivity contribution < 1.29 is 9.18 Å². The highest BCUT2D eigenvalue weighted by Crippen LogP contribution is 2.23. The number of hydrogen-bond donors (Lipinski definition) is 0. The molecule has 3 heteroatoms. The summed E-state index contributed by atoms with van der Waals surface area (Å²) in [5, 5.41) is 0. The van der Waals surface area contributed by atoms with Gasteiger partial charge in [0, 0.05) is 7.05 Å². The zero-order chi connectivity index (χ0) is 13.8. The first-order valence-electron chi connectivity index (χ1n) is 6.18. The van der Waals surface area contributed by atoms with Crippen molar-refractivity contribution in [2.45, 2.75) is 12.8 Å². The zero-order valence-corrected chi connectivity index (χ0v) is 11.0. The lowest BCUT2D eigenvalue weighted by molar-refractivity contribution is -0.119. The predicted octanol–water partition coefficient (Wildman–Crippen LogP) is 3.59. The fourth-order valence-electron chi connectivity index (χ4n) is 2.02.